The van der Waals surface area contributed by atoms with Gasteiger partial charge in [-0.3, -0.25) is 4.79 Å². The highest BCUT2D eigenvalue weighted by molar-refractivity contribution is 9.10. The van der Waals surface area contributed by atoms with Crippen molar-refractivity contribution in [1.29, 1.82) is 0 Å². The fraction of sp³-hybridized carbons (Fsp3) is 0.188. The Balaban J connectivity index is 2.01. The second kappa shape index (κ2) is 5.81. The van der Waals surface area contributed by atoms with Crippen LogP contribution in [0.3, 0.4) is 0 Å². The first-order valence-electron chi connectivity index (χ1n) is 6.40. The summed E-state index contributed by atoms with van der Waals surface area (Å²) < 4.78 is 12.4. The summed E-state index contributed by atoms with van der Waals surface area (Å²) in [7, 11) is 1.61. The topological polar surface area (TPSA) is 35.5 Å². The molecule has 0 spiro atoms. The largest absolute Gasteiger partial charge is 0.497 e. The van der Waals surface area contributed by atoms with Crippen molar-refractivity contribution in [3.05, 3.63) is 62.5 Å². The molecular weight excluding hydrogens is 400 g/mol. The summed E-state index contributed by atoms with van der Waals surface area (Å²) in [5.41, 5.74) is 1.85. The lowest BCUT2D eigenvalue weighted by Gasteiger charge is -2.36. The van der Waals surface area contributed by atoms with Crippen LogP contribution in [0.15, 0.2) is 51.4 Å². The number of methoxy groups -OCH3 is 1. The Hall–Kier alpha value is -1.33. The number of benzene rings is 2. The first-order chi connectivity index (χ1) is 10.1. The fourth-order valence-electron chi connectivity index (χ4n) is 2.44. The Kier molecular flexibility index (Phi) is 4.04. The number of esters is 1. The molecule has 1 heterocycles. The van der Waals surface area contributed by atoms with Crippen molar-refractivity contribution in [2.45, 2.75) is 12.0 Å². The Labute approximate surface area is 139 Å². The number of hydrogen-bond donors (Lipinski definition) is 0. The van der Waals surface area contributed by atoms with Crippen LogP contribution in [0.5, 0.6) is 5.75 Å². The molecule has 1 fully saturated rings. The second-order valence-electron chi connectivity index (χ2n) is 4.74. The van der Waals surface area contributed by atoms with E-state index in [0.29, 0.717) is 0 Å². The number of carbonyl (C=O) groups excluding carboxylic acids is 1. The number of ether oxygens (including phenoxy) is 2. The Morgan fingerprint density at radius 3 is 2.43 bits per heavy atom. The minimum Gasteiger partial charge on any atom is -0.497 e. The first-order valence-corrected chi connectivity index (χ1v) is 7.99. The monoisotopic (exact) mass is 410 g/mol. The SMILES string of the molecule is COc1ccc(Br)c([C@H]2C(=O)O[C@H]2c2ccccc2Br)c1. The van der Waals surface area contributed by atoms with Crippen molar-refractivity contribution in [1.82, 2.24) is 0 Å². The third-order valence-electron chi connectivity index (χ3n) is 3.55. The standard InChI is InChI=1S/C16H12Br2O3/c1-20-9-6-7-13(18)11(8-9)14-15(21-16(14)19)10-4-2-3-5-12(10)17/h2-8,14-15H,1H3/t14-,15+/m1/s1. The molecule has 21 heavy (non-hydrogen) atoms. The number of halogens is 2. The lowest BCUT2D eigenvalue weighted by atomic mass is 9.85. The summed E-state index contributed by atoms with van der Waals surface area (Å²) in [6.07, 6.45) is -0.281. The van der Waals surface area contributed by atoms with E-state index in [0.717, 1.165) is 25.8 Å². The van der Waals surface area contributed by atoms with Crippen LogP contribution < -0.4 is 4.74 Å². The van der Waals surface area contributed by atoms with Crippen LogP contribution in [0.1, 0.15) is 23.1 Å². The summed E-state index contributed by atoms with van der Waals surface area (Å²) in [6.45, 7) is 0. The van der Waals surface area contributed by atoms with Gasteiger partial charge in [0.05, 0.1) is 7.11 Å². The van der Waals surface area contributed by atoms with Gasteiger partial charge in [0, 0.05) is 14.5 Å². The van der Waals surface area contributed by atoms with Gasteiger partial charge >= 0.3 is 5.97 Å². The molecule has 3 rings (SSSR count). The van der Waals surface area contributed by atoms with E-state index in [1.165, 1.54) is 0 Å². The Bertz CT molecular complexity index is 700. The van der Waals surface area contributed by atoms with Crippen LogP contribution in [0, 0.1) is 0 Å². The molecule has 0 aromatic heterocycles. The van der Waals surface area contributed by atoms with Gasteiger partial charge in [-0.05, 0) is 29.8 Å². The van der Waals surface area contributed by atoms with Crippen LogP contribution in [0.25, 0.3) is 0 Å². The molecule has 0 amide bonds. The molecule has 0 bridgehead atoms. The Morgan fingerprint density at radius 2 is 1.76 bits per heavy atom. The predicted molar refractivity (Wildman–Crippen MR) is 86.4 cm³/mol. The molecule has 2 atom stereocenters. The molecule has 0 saturated carbocycles. The third kappa shape index (κ3) is 2.60. The lowest BCUT2D eigenvalue weighted by molar-refractivity contribution is -0.176. The van der Waals surface area contributed by atoms with Crippen molar-refractivity contribution in [3.63, 3.8) is 0 Å². The van der Waals surface area contributed by atoms with E-state index in [1.54, 1.807) is 7.11 Å². The highest BCUT2D eigenvalue weighted by Crippen LogP contribution is 2.48. The van der Waals surface area contributed by atoms with Gasteiger partial charge in [0.25, 0.3) is 0 Å². The van der Waals surface area contributed by atoms with E-state index < -0.39 is 0 Å². The van der Waals surface area contributed by atoms with Crippen molar-refractivity contribution in [3.8, 4) is 5.75 Å². The van der Waals surface area contributed by atoms with Gasteiger partial charge in [-0.2, -0.15) is 0 Å². The Morgan fingerprint density at radius 1 is 1.05 bits per heavy atom. The maximum absolute atomic E-state index is 12.0. The summed E-state index contributed by atoms with van der Waals surface area (Å²) >= 11 is 7.02. The number of carbonyl (C=O) groups is 1. The average Bonchev–Trinajstić information content (AvgIpc) is 2.48. The summed E-state index contributed by atoms with van der Waals surface area (Å²) in [4.78, 5) is 12.0. The van der Waals surface area contributed by atoms with E-state index >= 15 is 0 Å². The van der Waals surface area contributed by atoms with Gasteiger partial charge in [-0.1, -0.05) is 50.1 Å². The van der Waals surface area contributed by atoms with Crippen LogP contribution in [-0.4, -0.2) is 13.1 Å². The van der Waals surface area contributed by atoms with E-state index in [4.69, 9.17) is 9.47 Å². The highest BCUT2D eigenvalue weighted by atomic mass is 79.9. The minimum atomic E-state index is -0.326. The van der Waals surface area contributed by atoms with Crippen molar-refractivity contribution < 1.29 is 14.3 Å². The van der Waals surface area contributed by atoms with Gasteiger partial charge in [0.1, 0.15) is 17.8 Å². The van der Waals surface area contributed by atoms with Gasteiger partial charge in [-0.15, -0.1) is 0 Å². The van der Waals surface area contributed by atoms with E-state index in [2.05, 4.69) is 31.9 Å². The first kappa shape index (κ1) is 14.6. The molecule has 2 aromatic carbocycles. The van der Waals surface area contributed by atoms with Gasteiger partial charge in [-0.25, -0.2) is 0 Å². The van der Waals surface area contributed by atoms with Crippen LogP contribution in [0.2, 0.25) is 0 Å². The summed E-state index contributed by atoms with van der Waals surface area (Å²) in [6, 6.07) is 13.4. The van der Waals surface area contributed by atoms with Gasteiger partial charge < -0.3 is 9.47 Å². The predicted octanol–water partition coefficient (Wildman–Crippen LogP) is 4.60. The quantitative estimate of drug-likeness (QED) is 0.692. The van der Waals surface area contributed by atoms with Crippen molar-refractivity contribution in [2.75, 3.05) is 7.11 Å². The smallest absolute Gasteiger partial charge is 0.318 e. The third-order valence-corrected chi connectivity index (χ3v) is 4.99. The maximum Gasteiger partial charge on any atom is 0.318 e. The average molecular weight is 412 g/mol. The number of cyclic esters (lactones) is 1. The van der Waals surface area contributed by atoms with Crippen LogP contribution in [-0.2, 0) is 9.53 Å². The molecule has 3 nitrogen and oxygen atoms in total. The zero-order chi connectivity index (χ0) is 15.0. The zero-order valence-corrected chi connectivity index (χ0v) is 14.3. The molecular formula is C16H12Br2O3. The van der Waals surface area contributed by atoms with Crippen LogP contribution in [0.4, 0.5) is 0 Å². The molecule has 108 valence electrons. The molecule has 0 radical (unpaired) electrons. The molecule has 0 unspecified atom stereocenters. The molecule has 0 aliphatic carbocycles. The fourth-order valence-corrected chi connectivity index (χ4v) is 3.45. The van der Waals surface area contributed by atoms with Gasteiger partial charge in [0.2, 0.25) is 0 Å². The lowest BCUT2D eigenvalue weighted by Crippen LogP contribution is -2.36. The summed E-state index contributed by atoms with van der Waals surface area (Å²) in [5.74, 6) is 0.177. The second-order valence-corrected chi connectivity index (χ2v) is 6.45. The zero-order valence-electron chi connectivity index (χ0n) is 11.2. The molecule has 1 aliphatic rings. The highest BCUT2D eigenvalue weighted by Gasteiger charge is 2.46. The molecule has 5 heteroatoms. The summed E-state index contributed by atoms with van der Waals surface area (Å²) in [5, 5.41) is 0. The number of hydrogen-bond acceptors (Lipinski definition) is 3. The molecule has 1 aliphatic heterocycles. The van der Waals surface area contributed by atoms with Crippen molar-refractivity contribution >= 4 is 37.8 Å². The van der Waals surface area contributed by atoms with E-state index in [9.17, 15) is 4.79 Å². The molecule has 0 N–H and O–H groups in total. The molecule has 2 aromatic rings. The van der Waals surface area contributed by atoms with Crippen molar-refractivity contribution in [2.24, 2.45) is 0 Å². The van der Waals surface area contributed by atoms with Gasteiger partial charge in [0.15, 0.2) is 0 Å². The minimum absolute atomic E-state index is 0.218. The van der Waals surface area contributed by atoms with E-state index in [-0.39, 0.29) is 18.0 Å². The molecule has 1 saturated heterocycles. The van der Waals surface area contributed by atoms with Crippen LogP contribution >= 0.6 is 31.9 Å². The van der Waals surface area contributed by atoms with E-state index in [1.807, 2.05) is 42.5 Å². The number of rotatable bonds is 3. The normalized spacial score (nSPS) is 20.6. The maximum atomic E-state index is 12.0.